The number of amides is 1. The average Bonchev–Trinajstić information content (AvgIpc) is 2.49. The Morgan fingerprint density at radius 3 is 2.67 bits per heavy atom. The van der Waals surface area contributed by atoms with Crippen LogP contribution in [-0.4, -0.2) is 42.7 Å². The third-order valence-electron chi connectivity index (χ3n) is 3.39. The number of benzene rings is 1. The Balaban J connectivity index is 2.82. The fourth-order valence-electron chi connectivity index (χ4n) is 2.23. The van der Waals surface area contributed by atoms with E-state index in [1.807, 2.05) is 0 Å². The van der Waals surface area contributed by atoms with Crippen molar-refractivity contribution < 1.29 is 14.6 Å². The van der Waals surface area contributed by atoms with Crippen molar-refractivity contribution in [3.63, 3.8) is 0 Å². The highest BCUT2D eigenvalue weighted by Crippen LogP contribution is 2.23. The Hall–Kier alpha value is -1.75. The van der Waals surface area contributed by atoms with Crippen molar-refractivity contribution in [2.24, 2.45) is 0 Å². The van der Waals surface area contributed by atoms with E-state index >= 15 is 0 Å². The topological polar surface area (TPSA) is 75.8 Å². The van der Waals surface area contributed by atoms with Gasteiger partial charge in [-0.15, -0.1) is 0 Å². The number of hydrogen-bond donors (Lipinski definition) is 2. The zero-order chi connectivity index (χ0) is 15.7. The summed E-state index contributed by atoms with van der Waals surface area (Å²) in [6.07, 6.45) is 4.32. The first-order chi connectivity index (χ1) is 10.1. The lowest BCUT2D eigenvalue weighted by Crippen LogP contribution is -2.34. The van der Waals surface area contributed by atoms with Crippen LogP contribution in [0.5, 0.6) is 5.75 Å². The average molecular weight is 294 g/mol. The maximum Gasteiger partial charge on any atom is 0.257 e. The molecule has 1 amide bonds. The third-order valence-corrected chi connectivity index (χ3v) is 3.39. The quantitative estimate of drug-likeness (QED) is 0.541. The van der Waals surface area contributed by atoms with E-state index in [2.05, 4.69) is 6.92 Å². The Morgan fingerprint density at radius 1 is 1.29 bits per heavy atom. The maximum absolute atomic E-state index is 12.6. The molecule has 0 heterocycles. The smallest absolute Gasteiger partial charge is 0.257 e. The molecule has 1 rings (SSSR count). The van der Waals surface area contributed by atoms with Crippen LogP contribution in [0.15, 0.2) is 18.2 Å². The number of carbonyl (C=O) groups is 1. The molecular formula is C16H26N2O3. The zero-order valence-electron chi connectivity index (χ0n) is 13.0. The van der Waals surface area contributed by atoms with Gasteiger partial charge in [-0.1, -0.05) is 26.2 Å². The van der Waals surface area contributed by atoms with Crippen LogP contribution in [0.25, 0.3) is 0 Å². The largest absolute Gasteiger partial charge is 0.496 e. The van der Waals surface area contributed by atoms with E-state index in [4.69, 9.17) is 15.6 Å². The monoisotopic (exact) mass is 294 g/mol. The van der Waals surface area contributed by atoms with E-state index in [0.29, 0.717) is 30.1 Å². The molecule has 0 bridgehead atoms. The van der Waals surface area contributed by atoms with E-state index < -0.39 is 0 Å². The van der Waals surface area contributed by atoms with Gasteiger partial charge in [-0.25, -0.2) is 0 Å². The minimum atomic E-state index is -0.148. The number of carbonyl (C=O) groups excluding carboxylic acids is 1. The van der Waals surface area contributed by atoms with Crippen molar-refractivity contribution in [1.82, 2.24) is 4.90 Å². The number of nitrogens with zero attached hydrogens (tertiary/aromatic N) is 1. The second-order valence-electron chi connectivity index (χ2n) is 5.04. The van der Waals surface area contributed by atoms with Crippen molar-refractivity contribution in [2.75, 3.05) is 32.5 Å². The highest BCUT2D eigenvalue weighted by Gasteiger charge is 2.19. The van der Waals surface area contributed by atoms with Crippen LogP contribution in [-0.2, 0) is 0 Å². The molecule has 1 aromatic rings. The highest BCUT2D eigenvalue weighted by atomic mass is 16.5. The number of aliphatic hydroxyl groups excluding tert-OH is 1. The summed E-state index contributed by atoms with van der Waals surface area (Å²) in [4.78, 5) is 14.3. The van der Waals surface area contributed by atoms with Gasteiger partial charge in [0.1, 0.15) is 5.75 Å². The molecular weight excluding hydrogens is 268 g/mol. The first-order valence-electron chi connectivity index (χ1n) is 7.47. The number of unbranched alkanes of at least 4 members (excludes halogenated alkanes) is 3. The number of methoxy groups -OCH3 is 1. The molecule has 0 aliphatic carbocycles. The first kappa shape index (κ1) is 17.3. The van der Waals surface area contributed by atoms with E-state index in [-0.39, 0.29) is 12.5 Å². The number of rotatable bonds is 9. The molecule has 0 aliphatic heterocycles. The summed E-state index contributed by atoms with van der Waals surface area (Å²) >= 11 is 0. The van der Waals surface area contributed by atoms with E-state index in [1.54, 1.807) is 23.1 Å². The molecule has 5 heteroatoms. The number of aliphatic hydroxyl groups is 1. The lowest BCUT2D eigenvalue weighted by molar-refractivity contribution is 0.0715. The van der Waals surface area contributed by atoms with Crippen molar-refractivity contribution in [3.05, 3.63) is 23.8 Å². The number of nitrogen functional groups attached to an aromatic ring is 1. The molecule has 0 atom stereocenters. The van der Waals surface area contributed by atoms with Gasteiger partial charge in [-0.3, -0.25) is 4.79 Å². The third kappa shape index (κ3) is 5.27. The van der Waals surface area contributed by atoms with Crippen molar-refractivity contribution in [1.29, 1.82) is 0 Å². The van der Waals surface area contributed by atoms with Crippen LogP contribution in [0.1, 0.15) is 43.0 Å². The van der Waals surface area contributed by atoms with Gasteiger partial charge in [0.05, 0.1) is 19.3 Å². The van der Waals surface area contributed by atoms with E-state index in [9.17, 15) is 4.79 Å². The van der Waals surface area contributed by atoms with Gasteiger partial charge in [0.25, 0.3) is 5.91 Å². The SMILES string of the molecule is CCCCCCN(CCO)C(=O)c1cc(N)ccc1OC. The van der Waals surface area contributed by atoms with Crippen LogP contribution in [0.4, 0.5) is 5.69 Å². The van der Waals surface area contributed by atoms with Crippen molar-refractivity contribution in [3.8, 4) is 5.75 Å². The molecule has 0 spiro atoms. The van der Waals surface area contributed by atoms with Crippen molar-refractivity contribution >= 4 is 11.6 Å². The van der Waals surface area contributed by atoms with Gasteiger partial charge in [0.2, 0.25) is 0 Å². The van der Waals surface area contributed by atoms with Crippen LogP contribution in [0, 0.1) is 0 Å². The van der Waals surface area contributed by atoms with Gasteiger partial charge >= 0.3 is 0 Å². The summed E-state index contributed by atoms with van der Waals surface area (Å²) in [5.74, 6) is 0.357. The predicted octanol–water partition coefficient (Wildman–Crippen LogP) is 2.29. The molecule has 0 aromatic heterocycles. The number of anilines is 1. The molecule has 118 valence electrons. The van der Waals surface area contributed by atoms with Gasteiger partial charge < -0.3 is 20.5 Å². The summed E-state index contributed by atoms with van der Waals surface area (Å²) in [5.41, 5.74) is 6.73. The number of nitrogens with two attached hydrogens (primary N) is 1. The van der Waals surface area contributed by atoms with Crippen LogP contribution < -0.4 is 10.5 Å². The normalized spacial score (nSPS) is 10.4. The van der Waals surface area contributed by atoms with Crippen molar-refractivity contribution in [2.45, 2.75) is 32.6 Å². The Kier molecular flexibility index (Phi) is 7.61. The summed E-state index contributed by atoms with van der Waals surface area (Å²) < 4.78 is 5.23. The second-order valence-corrected chi connectivity index (χ2v) is 5.04. The molecule has 0 unspecified atom stereocenters. The molecule has 0 saturated heterocycles. The zero-order valence-corrected chi connectivity index (χ0v) is 13.0. The summed E-state index contributed by atoms with van der Waals surface area (Å²) in [5, 5.41) is 9.17. The second kappa shape index (κ2) is 9.23. The molecule has 0 aliphatic rings. The molecule has 0 saturated carbocycles. The Labute approximate surface area is 126 Å². The van der Waals surface area contributed by atoms with Crippen LogP contribution >= 0.6 is 0 Å². The predicted molar refractivity (Wildman–Crippen MR) is 84.5 cm³/mol. The Bertz CT molecular complexity index is 449. The van der Waals surface area contributed by atoms with Crippen LogP contribution in [0.3, 0.4) is 0 Å². The highest BCUT2D eigenvalue weighted by molar-refractivity contribution is 5.97. The molecule has 21 heavy (non-hydrogen) atoms. The lowest BCUT2D eigenvalue weighted by Gasteiger charge is -2.23. The molecule has 0 fully saturated rings. The van der Waals surface area contributed by atoms with Gasteiger partial charge in [-0.2, -0.15) is 0 Å². The summed E-state index contributed by atoms with van der Waals surface area (Å²) in [7, 11) is 1.53. The maximum atomic E-state index is 12.6. The van der Waals surface area contributed by atoms with Gasteiger partial charge in [0, 0.05) is 18.8 Å². The first-order valence-corrected chi connectivity index (χ1v) is 7.47. The standard InChI is InChI=1S/C16H26N2O3/c1-3-4-5-6-9-18(10-11-19)16(20)14-12-13(17)7-8-15(14)21-2/h7-8,12,19H,3-6,9-11,17H2,1-2H3. The summed E-state index contributed by atoms with van der Waals surface area (Å²) in [6, 6.07) is 5.02. The fourth-order valence-corrected chi connectivity index (χ4v) is 2.23. The molecule has 1 aromatic carbocycles. The Morgan fingerprint density at radius 2 is 2.05 bits per heavy atom. The van der Waals surface area contributed by atoms with Gasteiger partial charge in [-0.05, 0) is 24.6 Å². The van der Waals surface area contributed by atoms with E-state index in [1.165, 1.54) is 7.11 Å². The molecule has 5 nitrogen and oxygen atoms in total. The van der Waals surface area contributed by atoms with Gasteiger partial charge in [0.15, 0.2) is 0 Å². The molecule has 0 radical (unpaired) electrons. The summed E-state index contributed by atoms with van der Waals surface area (Å²) in [6.45, 7) is 3.05. The van der Waals surface area contributed by atoms with E-state index in [0.717, 1.165) is 25.7 Å². The minimum absolute atomic E-state index is 0.0514. The number of ether oxygens (including phenoxy) is 1. The minimum Gasteiger partial charge on any atom is -0.496 e. The van der Waals surface area contributed by atoms with Crippen LogP contribution in [0.2, 0.25) is 0 Å². The fraction of sp³-hybridized carbons (Fsp3) is 0.562. The number of hydrogen-bond acceptors (Lipinski definition) is 4. The lowest BCUT2D eigenvalue weighted by atomic mass is 10.1. The molecule has 3 N–H and O–H groups in total.